The van der Waals surface area contributed by atoms with E-state index >= 15 is 0 Å². The average Bonchev–Trinajstić information content (AvgIpc) is 2.25. The lowest BCUT2D eigenvalue weighted by Crippen LogP contribution is -2.46. The summed E-state index contributed by atoms with van der Waals surface area (Å²) in [5, 5.41) is 12.4. The maximum Gasteiger partial charge on any atom is 0.255 e. The molecule has 0 aliphatic rings. The van der Waals surface area contributed by atoms with Gasteiger partial charge in [-0.25, -0.2) is 0 Å². The Morgan fingerprint density at radius 2 is 2.05 bits per heavy atom. The van der Waals surface area contributed by atoms with E-state index in [0.717, 1.165) is 0 Å². The third-order valence-corrected chi connectivity index (χ3v) is 2.52. The van der Waals surface area contributed by atoms with Crippen LogP contribution in [0.25, 0.3) is 0 Å². The molecule has 0 saturated heterocycles. The molecular weight excluding hydrogens is 248 g/mol. The fraction of sp³-hybridized carbons (Fsp3) is 0.385. The monoisotopic (exact) mass is 266 g/mol. The Bertz CT molecular complexity index is 497. The highest BCUT2D eigenvalue weighted by Gasteiger charge is 2.24. The molecule has 0 fully saturated rings. The van der Waals surface area contributed by atoms with Crippen LogP contribution in [0.15, 0.2) is 18.2 Å². The van der Waals surface area contributed by atoms with Crippen LogP contribution in [-0.4, -0.2) is 29.6 Å². The van der Waals surface area contributed by atoms with Gasteiger partial charge in [-0.2, -0.15) is 0 Å². The van der Waals surface area contributed by atoms with Crippen LogP contribution >= 0.6 is 0 Å². The predicted octanol–water partition coefficient (Wildman–Crippen LogP) is 0.785. The molecule has 0 saturated carbocycles. The van der Waals surface area contributed by atoms with E-state index < -0.39 is 17.4 Å². The number of nitrogens with one attached hydrogen (secondary N) is 1. The molecule has 1 aromatic rings. The third-order valence-electron chi connectivity index (χ3n) is 2.52. The van der Waals surface area contributed by atoms with Gasteiger partial charge < -0.3 is 20.9 Å². The van der Waals surface area contributed by atoms with Crippen molar-refractivity contribution in [2.75, 3.05) is 7.11 Å². The largest absolute Gasteiger partial charge is 0.507 e. The van der Waals surface area contributed by atoms with Gasteiger partial charge in [0.05, 0.1) is 12.7 Å². The molecule has 0 aliphatic heterocycles. The van der Waals surface area contributed by atoms with Gasteiger partial charge in [-0.05, 0) is 26.0 Å². The lowest BCUT2D eigenvalue weighted by molar-refractivity contribution is -0.119. The van der Waals surface area contributed by atoms with Crippen molar-refractivity contribution >= 4 is 11.8 Å². The second-order valence-electron chi connectivity index (χ2n) is 4.86. The van der Waals surface area contributed by atoms with E-state index in [1.807, 2.05) is 0 Å². The van der Waals surface area contributed by atoms with Crippen molar-refractivity contribution in [2.45, 2.75) is 25.8 Å². The van der Waals surface area contributed by atoms with Crippen molar-refractivity contribution in [3.63, 3.8) is 0 Å². The number of methoxy groups -OCH3 is 1. The Kier molecular flexibility index (Phi) is 4.37. The Morgan fingerprint density at radius 3 is 2.53 bits per heavy atom. The predicted molar refractivity (Wildman–Crippen MR) is 70.0 cm³/mol. The van der Waals surface area contributed by atoms with Crippen molar-refractivity contribution < 1.29 is 19.4 Å². The molecule has 2 amide bonds. The molecule has 0 atom stereocenters. The van der Waals surface area contributed by atoms with E-state index in [1.54, 1.807) is 19.9 Å². The topological polar surface area (TPSA) is 102 Å². The molecule has 19 heavy (non-hydrogen) atoms. The first-order valence-electron chi connectivity index (χ1n) is 5.73. The summed E-state index contributed by atoms with van der Waals surface area (Å²) in [4.78, 5) is 22.9. The van der Waals surface area contributed by atoms with Gasteiger partial charge in [0.1, 0.15) is 11.5 Å². The van der Waals surface area contributed by atoms with E-state index in [4.69, 9.17) is 10.5 Å². The maximum absolute atomic E-state index is 12.0. The van der Waals surface area contributed by atoms with Crippen LogP contribution in [0.4, 0.5) is 0 Å². The molecule has 1 aromatic carbocycles. The number of hydrogen-bond donors (Lipinski definition) is 3. The lowest BCUT2D eigenvalue weighted by Gasteiger charge is -2.24. The minimum absolute atomic E-state index is 0.00958. The number of primary amides is 1. The molecule has 0 spiro atoms. The SMILES string of the molecule is COc1ccc(C(=O)NC(C)(C)CC(N)=O)c(O)c1. The van der Waals surface area contributed by atoms with Crippen molar-refractivity contribution in [1.82, 2.24) is 5.32 Å². The average molecular weight is 266 g/mol. The first kappa shape index (κ1) is 14.8. The lowest BCUT2D eigenvalue weighted by atomic mass is 9.99. The molecule has 0 aliphatic carbocycles. The van der Waals surface area contributed by atoms with Gasteiger partial charge in [-0.15, -0.1) is 0 Å². The summed E-state index contributed by atoms with van der Waals surface area (Å²) in [6.07, 6.45) is 0.00958. The highest BCUT2D eigenvalue weighted by molar-refractivity contribution is 5.97. The molecular formula is C13H18N2O4. The number of carbonyl (C=O) groups is 2. The van der Waals surface area contributed by atoms with Gasteiger partial charge in [-0.3, -0.25) is 9.59 Å². The minimum Gasteiger partial charge on any atom is -0.507 e. The Morgan fingerprint density at radius 1 is 1.42 bits per heavy atom. The molecule has 6 heteroatoms. The molecule has 6 nitrogen and oxygen atoms in total. The van der Waals surface area contributed by atoms with Crippen LogP contribution in [0.5, 0.6) is 11.5 Å². The number of aromatic hydroxyl groups is 1. The summed E-state index contributed by atoms with van der Waals surface area (Å²) < 4.78 is 4.93. The van der Waals surface area contributed by atoms with Gasteiger partial charge in [0, 0.05) is 18.0 Å². The minimum atomic E-state index is -0.782. The van der Waals surface area contributed by atoms with E-state index in [2.05, 4.69) is 5.32 Å². The zero-order valence-electron chi connectivity index (χ0n) is 11.2. The number of amides is 2. The molecule has 0 unspecified atom stereocenters. The quantitative estimate of drug-likeness (QED) is 0.733. The Balaban J connectivity index is 2.86. The van der Waals surface area contributed by atoms with Crippen LogP contribution in [0.2, 0.25) is 0 Å². The molecule has 0 radical (unpaired) electrons. The highest BCUT2D eigenvalue weighted by Crippen LogP contribution is 2.24. The van der Waals surface area contributed by atoms with Crippen LogP contribution < -0.4 is 15.8 Å². The number of hydrogen-bond acceptors (Lipinski definition) is 4. The van der Waals surface area contributed by atoms with Gasteiger partial charge >= 0.3 is 0 Å². The fourth-order valence-electron chi connectivity index (χ4n) is 1.68. The zero-order chi connectivity index (χ0) is 14.6. The maximum atomic E-state index is 12.0. The highest BCUT2D eigenvalue weighted by atomic mass is 16.5. The molecule has 4 N–H and O–H groups in total. The Labute approximate surface area is 111 Å². The smallest absolute Gasteiger partial charge is 0.255 e. The molecule has 0 aromatic heterocycles. The standard InChI is InChI=1S/C13H18N2O4/c1-13(2,7-11(14)17)15-12(18)9-5-4-8(19-3)6-10(9)16/h4-6,16H,7H2,1-3H3,(H2,14,17)(H,15,18). The first-order valence-corrected chi connectivity index (χ1v) is 5.73. The number of phenols is 1. The number of phenolic OH excluding ortho intramolecular Hbond substituents is 1. The van der Waals surface area contributed by atoms with Crippen molar-refractivity contribution in [2.24, 2.45) is 5.73 Å². The summed E-state index contributed by atoms with van der Waals surface area (Å²) in [5.41, 5.74) is 4.43. The van der Waals surface area contributed by atoms with Crippen LogP contribution in [0, 0.1) is 0 Å². The van der Waals surface area contributed by atoms with Gasteiger partial charge in [0.25, 0.3) is 5.91 Å². The van der Waals surface area contributed by atoms with Crippen molar-refractivity contribution in [1.29, 1.82) is 0 Å². The fourth-order valence-corrected chi connectivity index (χ4v) is 1.68. The van der Waals surface area contributed by atoms with Gasteiger partial charge in [0.2, 0.25) is 5.91 Å². The van der Waals surface area contributed by atoms with Gasteiger partial charge in [-0.1, -0.05) is 0 Å². The molecule has 104 valence electrons. The third kappa shape index (κ3) is 4.17. The van der Waals surface area contributed by atoms with Gasteiger partial charge in [0.15, 0.2) is 0 Å². The van der Waals surface area contributed by atoms with E-state index in [1.165, 1.54) is 19.2 Å². The number of rotatable bonds is 5. The molecule has 0 bridgehead atoms. The van der Waals surface area contributed by atoms with Crippen LogP contribution in [0.3, 0.4) is 0 Å². The second-order valence-corrected chi connectivity index (χ2v) is 4.86. The first-order chi connectivity index (χ1) is 8.75. The van der Waals surface area contributed by atoms with E-state index in [0.29, 0.717) is 5.75 Å². The number of ether oxygens (including phenoxy) is 1. The summed E-state index contributed by atoms with van der Waals surface area (Å²) in [7, 11) is 1.46. The van der Waals surface area contributed by atoms with Crippen molar-refractivity contribution in [3.05, 3.63) is 23.8 Å². The molecule has 1 rings (SSSR count). The van der Waals surface area contributed by atoms with E-state index in [9.17, 15) is 14.7 Å². The normalized spacial score (nSPS) is 10.9. The summed E-state index contributed by atoms with van der Waals surface area (Å²) in [6, 6.07) is 4.36. The Hall–Kier alpha value is -2.24. The van der Waals surface area contributed by atoms with E-state index in [-0.39, 0.29) is 17.7 Å². The van der Waals surface area contributed by atoms with Crippen molar-refractivity contribution in [3.8, 4) is 11.5 Å². The number of nitrogens with two attached hydrogens (primary N) is 1. The molecule has 0 heterocycles. The van der Waals surface area contributed by atoms with Crippen LogP contribution in [-0.2, 0) is 4.79 Å². The number of carbonyl (C=O) groups excluding carboxylic acids is 2. The second kappa shape index (κ2) is 5.60. The summed E-state index contributed by atoms with van der Waals surface area (Å²) >= 11 is 0. The summed E-state index contributed by atoms with van der Waals surface area (Å²) in [5.74, 6) is -0.729. The van der Waals surface area contributed by atoms with Crippen LogP contribution in [0.1, 0.15) is 30.6 Å². The summed E-state index contributed by atoms with van der Waals surface area (Å²) in [6.45, 7) is 3.35. The number of benzene rings is 1. The zero-order valence-corrected chi connectivity index (χ0v) is 11.2.